The largest absolute Gasteiger partial charge is 0.508 e. The van der Waals surface area contributed by atoms with E-state index in [2.05, 4.69) is 0 Å². The predicted molar refractivity (Wildman–Crippen MR) is 102 cm³/mol. The molecule has 5 nitrogen and oxygen atoms in total. The molecule has 0 fully saturated rings. The lowest BCUT2D eigenvalue weighted by Crippen LogP contribution is -2.38. The number of rotatable bonds is 9. The predicted octanol–water partition coefficient (Wildman–Crippen LogP) is 3.42. The van der Waals surface area contributed by atoms with Crippen molar-refractivity contribution in [1.29, 1.82) is 0 Å². The van der Waals surface area contributed by atoms with Crippen LogP contribution >= 0.6 is 0 Å². The normalized spacial score (nSPS) is 23.8. The van der Waals surface area contributed by atoms with Gasteiger partial charge in [-0.25, -0.2) is 0 Å². The molecule has 0 amide bonds. The van der Waals surface area contributed by atoms with Gasteiger partial charge in [-0.3, -0.25) is 9.59 Å². The molecule has 2 atom stereocenters. The molecule has 0 saturated heterocycles. The smallest absolute Gasteiger partial charge is 0.176 e. The third kappa shape index (κ3) is 5.15. The van der Waals surface area contributed by atoms with Crippen LogP contribution in [0.2, 0.25) is 0 Å². The molecule has 0 radical (unpaired) electrons. The van der Waals surface area contributed by atoms with Crippen LogP contribution in [0.4, 0.5) is 0 Å². The van der Waals surface area contributed by atoms with Gasteiger partial charge in [-0.1, -0.05) is 37.1 Å². The average Bonchev–Trinajstić information content (AvgIpc) is 2.71. The maximum Gasteiger partial charge on any atom is 0.176 e. The molecule has 0 saturated carbocycles. The molecular formula is C21H32O5. The van der Waals surface area contributed by atoms with E-state index < -0.39 is 28.8 Å². The van der Waals surface area contributed by atoms with E-state index in [-0.39, 0.29) is 37.4 Å². The van der Waals surface area contributed by atoms with Crippen LogP contribution in [0, 0.1) is 11.8 Å². The summed E-state index contributed by atoms with van der Waals surface area (Å²) in [5.41, 5.74) is -0.246. The Balaban J connectivity index is 3.23. The second-order valence-corrected chi connectivity index (χ2v) is 7.85. The summed E-state index contributed by atoms with van der Waals surface area (Å²) >= 11 is 0. The Morgan fingerprint density at radius 2 is 1.85 bits per heavy atom. The zero-order valence-corrected chi connectivity index (χ0v) is 16.5. The van der Waals surface area contributed by atoms with Crippen LogP contribution in [0.15, 0.2) is 34.6 Å². The van der Waals surface area contributed by atoms with E-state index in [0.29, 0.717) is 6.42 Å². The Hall–Kier alpha value is -1.72. The molecule has 0 aliphatic heterocycles. The minimum absolute atomic E-state index is 0.0515. The molecule has 0 heterocycles. The first kappa shape index (κ1) is 22.3. The van der Waals surface area contributed by atoms with E-state index in [0.717, 1.165) is 11.1 Å². The van der Waals surface area contributed by atoms with E-state index in [1.54, 1.807) is 13.0 Å². The van der Waals surface area contributed by atoms with Crippen LogP contribution in [-0.2, 0) is 9.59 Å². The van der Waals surface area contributed by atoms with E-state index >= 15 is 0 Å². The molecular weight excluding hydrogens is 332 g/mol. The fraction of sp³-hybridized carbons (Fsp3) is 0.619. The van der Waals surface area contributed by atoms with Crippen molar-refractivity contribution in [2.75, 3.05) is 6.61 Å². The second-order valence-electron chi connectivity index (χ2n) is 7.85. The van der Waals surface area contributed by atoms with Crippen LogP contribution < -0.4 is 0 Å². The number of carbonyl (C=O) groups excluding carboxylic acids is 2. The summed E-state index contributed by atoms with van der Waals surface area (Å²) in [5, 5.41) is 30.8. The zero-order chi connectivity index (χ0) is 20.1. The van der Waals surface area contributed by atoms with Gasteiger partial charge < -0.3 is 15.3 Å². The summed E-state index contributed by atoms with van der Waals surface area (Å²) in [5.74, 6) is -2.20. The molecule has 1 rings (SSSR count). The minimum Gasteiger partial charge on any atom is -0.508 e. The third-order valence-electron chi connectivity index (χ3n) is 4.69. The van der Waals surface area contributed by atoms with Gasteiger partial charge >= 0.3 is 0 Å². The lowest BCUT2D eigenvalue weighted by atomic mass is 9.82. The average molecular weight is 364 g/mol. The maximum atomic E-state index is 12.8. The number of hydrogen-bond acceptors (Lipinski definition) is 5. The van der Waals surface area contributed by atoms with Gasteiger partial charge in [0, 0.05) is 6.42 Å². The van der Waals surface area contributed by atoms with E-state index in [9.17, 15) is 19.8 Å². The molecule has 3 N–H and O–H groups in total. The number of ketones is 2. The van der Waals surface area contributed by atoms with E-state index in [1.807, 2.05) is 33.8 Å². The van der Waals surface area contributed by atoms with Crippen molar-refractivity contribution in [2.24, 2.45) is 11.8 Å². The summed E-state index contributed by atoms with van der Waals surface area (Å²) in [4.78, 5) is 25.3. The summed E-state index contributed by atoms with van der Waals surface area (Å²) in [6, 6.07) is 0. The molecule has 0 spiro atoms. The number of hydrogen-bond donors (Lipinski definition) is 3. The van der Waals surface area contributed by atoms with Gasteiger partial charge in [0.15, 0.2) is 11.6 Å². The first-order chi connectivity index (χ1) is 12.0. The lowest BCUT2D eigenvalue weighted by Gasteiger charge is -2.28. The standard InChI is InChI=1S/C21H32O5/c1-13(2)8-9-16-19(24)18(17(23)11-14(3)4)20(25)21(16,26)10-6-7-15(5)12-22/h7-8,14,16,22,25-26H,6,9-12H2,1-5H3/b15-7+/t16-,21+/m1/s1. The van der Waals surface area contributed by atoms with Gasteiger partial charge in [-0.15, -0.1) is 0 Å². The molecule has 1 aliphatic rings. The molecule has 26 heavy (non-hydrogen) atoms. The molecule has 146 valence electrons. The molecule has 0 unspecified atom stereocenters. The van der Waals surface area contributed by atoms with Crippen molar-refractivity contribution >= 4 is 11.6 Å². The quantitative estimate of drug-likeness (QED) is 0.430. The number of Topliss-reactive ketones (excluding diaryl/α,β-unsaturated/α-hetero) is 2. The van der Waals surface area contributed by atoms with Crippen molar-refractivity contribution in [1.82, 2.24) is 0 Å². The van der Waals surface area contributed by atoms with Crippen molar-refractivity contribution < 1.29 is 24.9 Å². The van der Waals surface area contributed by atoms with Crippen LogP contribution in [0.3, 0.4) is 0 Å². The first-order valence-electron chi connectivity index (χ1n) is 9.17. The first-order valence-corrected chi connectivity index (χ1v) is 9.17. The maximum absolute atomic E-state index is 12.8. The fourth-order valence-corrected chi connectivity index (χ4v) is 3.18. The van der Waals surface area contributed by atoms with Gasteiger partial charge in [0.2, 0.25) is 0 Å². The minimum atomic E-state index is -1.75. The van der Waals surface area contributed by atoms with Crippen molar-refractivity contribution in [3.8, 4) is 0 Å². The number of aliphatic hydroxyl groups excluding tert-OH is 2. The van der Waals surface area contributed by atoms with Crippen molar-refractivity contribution in [3.05, 3.63) is 34.6 Å². The van der Waals surface area contributed by atoms with Crippen LogP contribution in [0.1, 0.15) is 60.3 Å². The van der Waals surface area contributed by atoms with E-state index in [4.69, 9.17) is 5.11 Å². The Kier molecular flexibility index (Phi) is 7.97. The zero-order valence-electron chi connectivity index (χ0n) is 16.5. The van der Waals surface area contributed by atoms with Crippen molar-refractivity contribution in [2.45, 2.75) is 65.9 Å². The summed E-state index contributed by atoms with van der Waals surface area (Å²) in [6.07, 6.45) is 4.52. The van der Waals surface area contributed by atoms with Crippen molar-refractivity contribution in [3.63, 3.8) is 0 Å². The highest BCUT2D eigenvalue weighted by Crippen LogP contribution is 2.43. The summed E-state index contributed by atoms with van der Waals surface area (Å²) < 4.78 is 0. The topological polar surface area (TPSA) is 94.8 Å². The van der Waals surface area contributed by atoms with Gasteiger partial charge in [-0.2, -0.15) is 0 Å². The van der Waals surface area contributed by atoms with Gasteiger partial charge in [0.05, 0.1) is 12.5 Å². The Morgan fingerprint density at radius 3 is 2.35 bits per heavy atom. The molecule has 0 bridgehead atoms. The van der Waals surface area contributed by atoms with E-state index in [1.165, 1.54) is 0 Å². The monoisotopic (exact) mass is 364 g/mol. The highest BCUT2D eigenvalue weighted by atomic mass is 16.3. The Morgan fingerprint density at radius 1 is 1.23 bits per heavy atom. The SMILES string of the molecule is CC(C)=CC[C@@H]1C(=O)C(C(=O)CC(C)C)=C(O)[C@]1(O)CC/C=C(\C)CO. The van der Waals surface area contributed by atoms with Crippen LogP contribution in [0.25, 0.3) is 0 Å². The summed E-state index contributed by atoms with van der Waals surface area (Å²) in [6.45, 7) is 9.19. The van der Waals surface area contributed by atoms with Crippen LogP contribution in [-0.4, -0.2) is 39.1 Å². The molecule has 5 heteroatoms. The van der Waals surface area contributed by atoms with Gasteiger partial charge in [0.1, 0.15) is 16.9 Å². The molecule has 0 aromatic rings. The Bertz CT molecular complexity index is 635. The number of aliphatic hydroxyl groups is 3. The third-order valence-corrected chi connectivity index (χ3v) is 4.69. The number of carbonyl (C=O) groups is 2. The Labute approximate surface area is 156 Å². The van der Waals surface area contributed by atoms with Gasteiger partial charge in [-0.05, 0) is 46.0 Å². The number of allylic oxidation sites excluding steroid dienone is 4. The van der Waals surface area contributed by atoms with Crippen LogP contribution in [0.5, 0.6) is 0 Å². The summed E-state index contributed by atoms with van der Waals surface area (Å²) in [7, 11) is 0. The molecule has 1 aliphatic carbocycles. The molecule has 0 aromatic carbocycles. The highest BCUT2D eigenvalue weighted by molar-refractivity contribution is 6.23. The fourth-order valence-electron chi connectivity index (χ4n) is 3.18. The highest BCUT2D eigenvalue weighted by Gasteiger charge is 2.53. The lowest BCUT2D eigenvalue weighted by molar-refractivity contribution is -0.126. The second kappa shape index (κ2) is 9.28. The molecule has 0 aromatic heterocycles. The van der Waals surface area contributed by atoms with Gasteiger partial charge in [0.25, 0.3) is 0 Å².